The van der Waals surface area contributed by atoms with Gasteiger partial charge >= 0.3 is 0 Å². The van der Waals surface area contributed by atoms with Gasteiger partial charge in [-0.2, -0.15) is 0 Å². The van der Waals surface area contributed by atoms with Gasteiger partial charge in [0.15, 0.2) is 0 Å². The number of hydrogen-bond acceptors (Lipinski definition) is 2. The molecule has 0 aromatic rings. The van der Waals surface area contributed by atoms with Crippen molar-refractivity contribution in [1.29, 1.82) is 0 Å². The highest BCUT2D eigenvalue weighted by molar-refractivity contribution is 6.01. The molecule has 2 aliphatic heterocycles. The van der Waals surface area contributed by atoms with E-state index in [1.165, 1.54) is 17.0 Å². The zero-order valence-electron chi connectivity index (χ0n) is 8.54. The Morgan fingerprint density at radius 3 is 3.08 bits per heavy atom. The maximum Gasteiger partial charge on any atom is 0.130 e. The summed E-state index contributed by atoms with van der Waals surface area (Å²) in [5.74, 6) is 1.17. The predicted molar refractivity (Wildman–Crippen MR) is 55.7 cm³/mol. The molecule has 0 aromatic carbocycles. The second kappa shape index (κ2) is 3.02. The minimum Gasteiger partial charge on any atom is -0.328 e. The Morgan fingerprint density at radius 1 is 1.62 bits per heavy atom. The summed E-state index contributed by atoms with van der Waals surface area (Å²) in [6, 6.07) is 0.542. The Labute approximate surface area is 79.7 Å². The lowest BCUT2D eigenvalue weighted by atomic mass is 10.1. The van der Waals surface area contributed by atoms with Crippen molar-refractivity contribution >= 4 is 5.84 Å². The molecule has 2 heterocycles. The number of allylic oxidation sites excluding steroid dienone is 2. The van der Waals surface area contributed by atoms with E-state index in [1.807, 2.05) is 0 Å². The third kappa shape index (κ3) is 1.30. The van der Waals surface area contributed by atoms with E-state index in [2.05, 4.69) is 42.9 Å². The van der Waals surface area contributed by atoms with Gasteiger partial charge < -0.3 is 4.90 Å². The SMILES string of the molecule is CCC1=CN2C(=NCC2C)C(C)=C1. The van der Waals surface area contributed by atoms with Crippen molar-refractivity contribution in [2.24, 2.45) is 4.99 Å². The van der Waals surface area contributed by atoms with E-state index in [4.69, 9.17) is 0 Å². The highest BCUT2D eigenvalue weighted by Gasteiger charge is 2.25. The molecule has 0 N–H and O–H groups in total. The normalized spacial score (nSPS) is 26.5. The van der Waals surface area contributed by atoms with E-state index in [0.29, 0.717) is 6.04 Å². The zero-order chi connectivity index (χ0) is 9.42. The van der Waals surface area contributed by atoms with Crippen LogP contribution >= 0.6 is 0 Å². The van der Waals surface area contributed by atoms with Gasteiger partial charge in [-0.15, -0.1) is 0 Å². The number of nitrogens with zero attached hydrogens (tertiary/aromatic N) is 2. The molecule has 0 fully saturated rings. The van der Waals surface area contributed by atoms with Crippen molar-refractivity contribution in [1.82, 2.24) is 4.90 Å². The number of amidine groups is 1. The molecular formula is C11H16N2. The average molecular weight is 176 g/mol. The van der Waals surface area contributed by atoms with Gasteiger partial charge in [-0.25, -0.2) is 0 Å². The minimum atomic E-state index is 0.542. The van der Waals surface area contributed by atoms with Crippen LogP contribution in [-0.2, 0) is 0 Å². The van der Waals surface area contributed by atoms with Crippen molar-refractivity contribution in [3.05, 3.63) is 23.4 Å². The first kappa shape index (κ1) is 8.54. The van der Waals surface area contributed by atoms with Gasteiger partial charge in [0.2, 0.25) is 0 Å². The largest absolute Gasteiger partial charge is 0.328 e. The van der Waals surface area contributed by atoms with Crippen LogP contribution in [0.2, 0.25) is 0 Å². The van der Waals surface area contributed by atoms with Crippen LogP contribution in [-0.4, -0.2) is 23.3 Å². The smallest absolute Gasteiger partial charge is 0.130 e. The van der Waals surface area contributed by atoms with Crippen LogP contribution in [0.3, 0.4) is 0 Å². The molecule has 70 valence electrons. The standard InChI is InChI=1S/C11H16N2/c1-4-10-5-8(2)11-12-6-9(3)13(11)7-10/h5,7,9H,4,6H2,1-3H3. The van der Waals surface area contributed by atoms with E-state index < -0.39 is 0 Å². The first-order valence-corrected chi connectivity index (χ1v) is 4.94. The summed E-state index contributed by atoms with van der Waals surface area (Å²) in [7, 11) is 0. The fourth-order valence-electron chi connectivity index (χ4n) is 1.87. The molecule has 0 amide bonds. The molecule has 2 rings (SSSR count). The lowest BCUT2D eigenvalue weighted by Gasteiger charge is -2.26. The summed E-state index contributed by atoms with van der Waals surface area (Å²) in [5, 5.41) is 0. The van der Waals surface area contributed by atoms with Crippen LogP contribution < -0.4 is 0 Å². The van der Waals surface area contributed by atoms with E-state index in [1.54, 1.807) is 0 Å². The number of fused-ring (bicyclic) bond motifs is 1. The summed E-state index contributed by atoms with van der Waals surface area (Å²) in [4.78, 5) is 6.82. The molecule has 0 spiro atoms. The topological polar surface area (TPSA) is 15.6 Å². The van der Waals surface area contributed by atoms with E-state index in [9.17, 15) is 0 Å². The lowest BCUT2D eigenvalue weighted by molar-refractivity contribution is 0.467. The van der Waals surface area contributed by atoms with Gasteiger partial charge in [0.05, 0.1) is 12.6 Å². The molecule has 0 aliphatic carbocycles. The number of rotatable bonds is 1. The summed E-state index contributed by atoms with van der Waals surface area (Å²) < 4.78 is 0. The third-order valence-corrected chi connectivity index (χ3v) is 2.69. The molecule has 2 heteroatoms. The molecule has 2 aliphatic rings. The molecule has 1 atom stereocenters. The molecule has 0 saturated carbocycles. The van der Waals surface area contributed by atoms with Crippen molar-refractivity contribution in [2.75, 3.05) is 6.54 Å². The quantitative estimate of drug-likeness (QED) is 0.598. The maximum absolute atomic E-state index is 4.52. The second-order valence-corrected chi connectivity index (χ2v) is 3.81. The van der Waals surface area contributed by atoms with Gasteiger partial charge in [-0.1, -0.05) is 13.0 Å². The van der Waals surface area contributed by atoms with Crippen molar-refractivity contribution in [3.8, 4) is 0 Å². The molecule has 0 radical (unpaired) electrons. The van der Waals surface area contributed by atoms with Crippen molar-refractivity contribution in [3.63, 3.8) is 0 Å². The van der Waals surface area contributed by atoms with Gasteiger partial charge in [0.25, 0.3) is 0 Å². The monoisotopic (exact) mass is 176 g/mol. The van der Waals surface area contributed by atoms with Crippen LogP contribution in [0.15, 0.2) is 28.4 Å². The average Bonchev–Trinajstić information content (AvgIpc) is 2.48. The summed E-state index contributed by atoms with van der Waals surface area (Å²) in [6.45, 7) is 7.50. The second-order valence-electron chi connectivity index (χ2n) is 3.81. The number of hydrogen-bond donors (Lipinski definition) is 0. The Kier molecular flexibility index (Phi) is 1.98. The molecular weight excluding hydrogens is 160 g/mol. The lowest BCUT2D eigenvalue weighted by Crippen LogP contribution is -2.32. The molecule has 0 bridgehead atoms. The fourth-order valence-corrected chi connectivity index (χ4v) is 1.87. The highest BCUT2D eigenvalue weighted by Crippen LogP contribution is 2.24. The molecule has 13 heavy (non-hydrogen) atoms. The Balaban J connectivity index is 2.34. The minimum absolute atomic E-state index is 0.542. The van der Waals surface area contributed by atoms with Gasteiger partial charge in [-0.3, -0.25) is 4.99 Å². The predicted octanol–water partition coefficient (Wildman–Crippen LogP) is 2.34. The van der Waals surface area contributed by atoms with E-state index in [0.717, 1.165) is 13.0 Å². The first-order valence-electron chi connectivity index (χ1n) is 4.94. The fraction of sp³-hybridized carbons (Fsp3) is 0.545. The highest BCUT2D eigenvalue weighted by atomic mass is 15.3. The summed E-state index contributed by atoms with van der Waals surface area (Å²) in [5.41, 5.74) is 2.72. The zero-order valence-corrected chi connectivity index (χ0v) is 8.54. The van der Waals surface area contributed by atoms with Crippen molar-refractivity contribution in [2.45, 2.75) is 33.2 Å². The van der Waals surface area contributed by atoms with E-state index in [-0.39, 0.29) is 0 Å². The first-order chi connectivity index (χ1) is 6.22. The summed E-state index contributed by atoms with van der Waals surface area (Å²) in [6.07, 6.45) is 5.59. The Morgan fingerprint density at radius 2 is 2.38 bits per heavy atom. The van der Waals surface area contributed by atoms with Gasteiger partial charge in [-0.05, 0) is 31.4 Å². The third-order valence-electron chi connectivity index (χ3n) is 2.69. The van der Waals surface area contributed by atoms with Gasteiger partial charge in [0.1, 0.15) is 5.84 Å². The Hall–Kier alpha value is -1.05. The molecule has 0 saturated heterocycles. The van der Waals surface area contributed by atoms with Crippen LogP contribution in [0.1, 0.15) is 27.2 Å². The van der Waals surface area contributed by atoms with E-state index >= 15 is 0 Å². The van der Waals surface area contributed by atoms with Crippen molar-refractivity contribution < 1.29 is 0 Å². The van der Waals surface area contributed by atoms with Crippen LogP contribution in [0, 0.1) is 0 Å². The maximum atomic E-state index is 4.52. The summed E-state index contributed by atoms with van der Waals surface area (Å²) >= 11 is 0. The molecule has 1 unspecified atom stereocenters. The molecule has 2 nitrogen and oxygen atoms in total. The van der Waals surface area contributed by atoms with Crippen LogP contribution in [0.4, 0.5) is 0 Å². The van der Waals surface area contributed by atoms with Crippen LogP contribution in [0.25, 0.3) is 0 Å². The van der Waals surface area contributed by atoms with Gasteiger partial charge in [0, 0.05) is 6.20 Å². The van der Waals surface area contributed by atoms with Crippen LogP contribution in [0.5, 0.6) is 0 Å². The number of aliphatic imine (C=N–C) groups is 1. The molecule has 0 aromatic heterocycles. The Bertz CT molecular complexity index is 310.